The SMILES string of the molecule is CCC(=O)[C@@H](C)Oc1cc2cc(Nc3nc(N4CCCCC4)ncc3Cl)ccc2n(C)c1=O. The average molecular weight is 470 g/mol. The second kappa shape index (κ2) is 9.79. The van der Waals surface area contributed by atoms with Gasteiger partial charge in [-0.2, -0.15) is 4.98 Å². The Bertz CT molecular complexity index is 1240. The number of piperidine rings is 1. The predicted octanol–water partition coefficient (Wildman–Crippen LogP) is 4.46. The zero-order valence-electron chi connectivity index (χ0n) is 19.1. The van der Waals surface area contributed by atoms with Crippen molar-refractivity contribution in [3.8, 4) is 5.75 Å². The molecule has 3 heterocycles. The number of nitrogens with one attached hydrogen (secondary N) is 1. The largest absolute Gasteiger partial charge is 0.477 e. The number of ketones is 1. The number of pyridine rings is 1. The van der Waals surface area contributed by atoms with Gasteiger partial charge in [0.05, 0.1) is 11.7 Å². The van der Waals surface area contributed by atoms with E-state index in [9.17, 15) is 9.59 Å². The molecule has 1 atom stereocenters. The minimum Gasteiger partial charge on any atom is -0.477 e. The quantitative estimate of drug-likeness (QED) is 0.546. The van der Waals surface area contributed by atoms with E-state index < -0.39 is 6.10 Å². The average Bonchev–Trinajstić information content (AvgIpc) is 2.83. The molecule has 0 unspecified atom stereocenters. The number of carbonyl (C=O) groups is 1. The van der Waals surface area contributed by atoms with E-state index in [4.69, 9.17) is 16.3 Å². The summed E-state index contributed by atoms with van der Waals surface area (Å²) in [6.45, 7) is 5.30. The third-order valence-corrected chi connectivity index (χ3v) is 6.21. The van der Waals surface area contributed by atoms with Gasteiger partial charge in [0.1, 0.15) is 5.02 Å². The van der Waals surface area contributed by atoms with Crippen molar-refractivity contribution in [2.24, 2.45) is 7.05 Å². The summed E-state index contributed by atoms with van der Waals surface area (Å²) in [4.78, 5) is 35.9. The summed E-state index contributed by atoms with van der Waals surface area (Å²) in [5.41, 5.74) is 1.22. The molecule has 33 heavy (non-hydrogen) atoms. The fraction of sp³-hybridized carbons (Fsp3) is 0.417. The lowest BCUT2D eigenvalue weighted by Gasteiger charge is -2.26. The van der Waals surface area contributed by atoms with Crippen LogP contribution in [-0.4, -0.2) is 39.5 Å². The minimum absolute atomic E-state index is 0.0597. The fourth-order valence-electron chi connectivity index (χ4n) is 3.99. The topological polar surface area (TPSA) is 89.3 Å². The highest BCUT2D eigenvalue weighted by Gasteiger charge is 2.18. The number of hydrogen-bond donors (Lipinski definition) is 1. The van der Waals surface area contributed by atoms with Gasteiger partial charge in [-0.15, -0.1) is 0 Å². The van der Waals surface area contributed by atoms with Crippen molar-refractivity contribution < 1.29 is 9.53 Å². The van der Waals surface area contributed by atoms with E-state index in [-0.39, 0.29) is 17.1 Å². The molecule has 0 bridgehead atoms. The molecule has 3 aromatic rings. The smallest absolute Gasteiger partial charge is 0.293 e. The summed E-state index contributed by atoms with van der Waals surface area (Å²) in [6.07, 6.45) is 4.77. The van der Waals surface area contributed by atoms with Gasteiger partial charge < -0.3 is 19.5 Å². The van der Waals surface area contributed by atoms with Gasteiger partial charge in [-0.25, -0.2) is 4.98 Å². The van der Waals surface area contributed by atoms with Crippen molar-refractivity contribution in [2.45, 2.75) is 45.6 Å². The van der Waals surface area contributed by atoms with E-state index in [1.807, 2.05) is 18.2 Å². The van der Waals surface area contributed by atoms with Gasteiger partial charge in [0.15, 0.2) is 23.5 Å². The molecule has 1 aliphatic rings. The Morgan fingerprint density at radius 1 is 1.24 bits per heavy atom. The van der Waals surface area contributed by atoms with Gasteiger partial charge >= 0.3 is 0 Å². The van der Waals surface area contributed by atoms with Crippen molar-refractivity contribution in [3.05, 3.63) is 45.8 Å². The fourth-order valence-corrected chi connectivity index (χ4v) is 4.13. The lowest BCUT2D eigenvalue weighted by atomic mass is 10.1. The van der Waals surface area contributed by atoms with Crippen LogP contribution in [0, 0.1) is 0 Å². The number of halogens is 1. The zero-order valence-corrected chi connectivity index (χ0v) is 19.9. The first kappa shape index (κ1) is 23.0. The Hall–Kier alpha value is -3.13. The standard InChI is InChI=1S/C24H28ClN5O3/c1-4-20(31)15(2)33-21-13-16-12-17(8-9-19(16)29(3)23(21)32)27-22-18(25)14-26-24(28-22)30-10-6-5-7-11-30/h8-9,12-15H,4-7,10-11H2,1-3H3,(H,26,27,28)/t15-/m1/s1. The molecule has 8 nitrogen and oxygen atoms in total. The number of hydrogen-bond acceptors (Lipinski definition) is 7. The summed E-state index contributed by atoms with van der Waals surface area (Å²) < 4.78 is 7.21. The molecular weight excluding hydrogens is 442 g/mol. The van der Waals surface area contributed by atoms with E-state index in [0.29, 0.717) is 23.2 Å². The van der Waals surface area contributed by atoms with Crippen molar-refractivity contribution in [3.63, 3.8) is 0 Å². The third kappa shape index (κ3) is 4.95. The summed E-state index contributed by atoms with van der Waals surface area (Å²) in [6, 6.07) is 7.28. The van der Waals surface area contributed by atoms with E-state index in [1.165, 1.54) is 11.0 Å². The molecule has 4 rings (SSSR count). The highest BCUT2D eigenvalue weighted by Crippen LogP contribution is 2.28. The van der Waals surface area contributed by atoms with Crippen molar-refractivity contribution in [1.82, 2.24) is 14.5 Å². The van der Waals surface area contributed by atoms with Crippen molar-refractivity contribution in [1.29, 1.82) is 0 Å². The highest BCUT2D eigenvalue weighted by molar-refractivity contribution is 6.32. The molecule has 1 aliphatic heterocycles. The van der Waals surface area contributed by atoms with E-state index in [2.05, 4.69) is 20.2 Å². The number of ether oxygens (including phenoxy) is 1. The first-order valence-electron chi connectivity index (χ1n) is 11.2. The second-order valence-corrected chi connectivity index (χ2v) is 8.67. The Kier molecular flexibility index (Phi) is 6.83. The second-order valence-electron chi connectivity index (χ2n) is 8.27. The number of rotatable bonds is 7. The van der Waals surface area contributed by atoms with E-state index in [1.54, 1.807) is 33.2 Å². The molecular formula is C24H28ClN5O3. The van der Waals surface area contributed by atoms with Crippen LogP contribution in [0.1, 0.15) is 39.5 Å². The monoisotopic (exact) mass is 469 g/mol. The molecule has 174 valence electrons. The maximum Gasteiger partial charge on any atom is 0.293 e. The molecule has 1 aromatic carbocycles. The molecule has 1 saturated heterocycles. The normalized spacial score (nSPS) is 14.8. The van der Waals surface area contributed by atoms with Gasteiger partial charge in [0, 0.05) is 37.6 Å². The molecule has 0 saturated carbocycles. The van der Waals surface area contributed by atoms with Gasteiger partial charge in [-0.1, -0.05) is 18.5 Å². The summed E-state index contributed by atoms with van der Waals surface area (Å²) >= 11 is 6.37. The molecule has 0 spiro atoms. The number of aryl methyl sites for hydroxylation is 1. The lowest BCUT2D eigenvalue weighted by Crippen LogP contribution is -2.31. The number of fused-ring (bicyclic) bond motifs is 1. The third-order valence-electron chi connectivity index (χ3n) is 5.93. The molecule has 0 aliphatic carbocycles. The maximum absolute atomic E-state index is 12.7. The number of aromatic nitrogens is 3. The zero-order chi connectivity index (χ0) is 23.5. The maximum atomic E-state index is 12.7. The van der Waals surface area contributed by atoms with E-state index in [0.717, 1.165) is 42.5 Å². The number of carbonyl (C=O) groups excluding carboxylic acids is 1. The van der Waals surface area contributed by atoms with Crippen LogP contribution in [0.15, 0.2) is 35.3 Å². The van der Waals surface area contributed by atoms with E-state index >= 15 is 0 Å². The molecule has 2 aromatic heterocycles. The van der Waals surface area contributed by atoms with Crippen molar-refractivity contribution >= 4 is 45.7 Å². The summed E-state index contributed by atoms with van der Waals surface area (Å²) in [5, 5.41) is 4.48. The van der Waals surface area contributed by atoms with Crippen LogP contribution in [0.5, 0.6) is 5.75 Å². The number of benzene rings is 1. The number of nitrogens with zero attached hydrogens (tertiary/aromatic N) is 4. The van der Waals surface area contributed by atoms with Crippen molar-refractivity contribution in [2.75, 3.05) is 23.3 Å². The Balaban J connectivity index is 1.64. The van der Waals surface area contributed by atoms with Crippen LogP contribution in [0.25, 0.3) is 10.9 Å². The van der Waals surface area contributed by atoms with Crippen LogP contribution in [0.3, 0.4) is 0 Å². The summed E-state index contributed by atoms with van der Waals surface area (Å²) in [7, 11) is 1.68. The van der Waals surface area contributed by atoms with Crippen LogP contribution >= 0.6 is 11.6 Å². The molecule has 9 heteroatoms. The van der Waals surface area contributed by atoms with Crippen LogP contribution in [0.4, 0.5) is 17.5 Å². The minimum atomic E-state index is -0.686. The predicted molar refractivity (Wildman–Crippen MR) is 131 cm³/mol. The lowest BCUT2D eigenvalue weighted by molar-refractivity contribution is -0.124. The van der Waals surface area contributed by atoms with Gasteiger partial charge in [-0.3, -0.25) is 9.59 Å². The van der Waals surface area contributed by atoms with Gasteiger partial charge in [0.25, 0.3) is 5.56 Å². The Morgan fingerprint density at radius 3 is 2.73 bits per heavy atom. The first-order chi connectivity index (χ1) is 15.9. The molecule has 0 radical (unpaired) electrons. The van der Waals surface area contributed by atoms with Crippen LogP contribution < -0.4 is 20.5 Å². The number of anilines is 3. The molecule has 1 fully saturated rings. The first-order valence-corrected chi connectivity index (χ1v) is 11.6. The Labute approximate surface area is 197 Å². The highest BCUT2D eigenvalue weighted by atomic mass is 35.5. The molecule has 1 N–H and O–H groups in total. The summed E-state index contributed by atoms with van der Waals surface area (Å²) in [5.74, 6) is 1.27. The van der Waals surface area contributed by atoms with Crippen LogP contribution in [0.2, 0.25) is 5.02 Å². The number of Topliss-reactive ketones (excluding diaryl/α,β-unsaturated/α-hetero) is 1. The van der Waals surface area contributed by atoms with Gasteiger partial charge in [0.2, 0.25) is 5.95 Å². The molecule has 0 amide bonds. The Morgan fingerprint density at radius 2 is 2.00 bits per heavy atom. The van der Waals surface area contributed by atoms with Crippen LogP contribution in [-0.2, 0) is 11.8 Å². The van der Waals surface area contributed by atoms with Gasteiger partial charge in [-0.05, 0) is 50.5 Å².